The van der Waals surface area contributed by atoms with Crippen molar-refractivity contribution in [2.24, 2.45) is 11.3 Å². The molecule has 0 amide bonds. The minimum atomic E-state index is -0.213. The summed E-state index contributed by atoms with van der Waals surface area (Å²) in [6, 6.07) is 9.20. The Labute approximate surface area is 144 Å². The van der Waals surface area contributed by atoms with E-state index in [2.05, 4.69) is 18.2 Å². The van der Waals surface area contributed by atoms with Crippen molar-refractivity contribution in [3.8, 4) is 5.69 Å². The van der Waals surface area contributed by atoms with Crippen LogP contribution in [0, 0.1) is 11.3 Å². The summed E-state index contributed by atoms with van der Waals surface area (Å²) < 4.78 is 4.78. The lowest BCUT2D eigenvalue weighted by Gasteiger charge is -2.59. The van der Waals surface area contributed by atoms with E-state index < -0.39 is 0 Å². The van der Waals surface area contributed by atoms with Gasteiger partial charge in [0.05, 0.1) is 17.8 Å². The number of para-hydroxylation sites is 1. The van der Waals surface area contributed by atoms with Crippen LogP contribution in [0.15, 0.2) is 63.7 Å². The van der Waals surface area contributed by atoms with Gasteiger partial charge in [0.2, 0.25) is 0 Å². The second kappa shape index (κ2) is 4.34. The molecule has 25 heavy (non-hydrogen) atoms. The molecule has 4 bridgehead atoms. The number of hydrogen-bond acceptors (Lipinski definition) is 2. The SMILES string of the molecule is O=c1n(-c2ccccc2)c(=O)n2n1[C@H]1C=C[C@H]2[C@H]2C3=C[C@@]21CCCC3. The van der Waals surface area contributed by atoms with Crippen molar-refractivity contribution in [1.82, 2.24) is 13.9 Å². The standard InChI is InChI=1S/C20H19N3O2/c24-18-21(14-7-2-1-3-8-14)19(25)23-16-10-9-15(22(18)23)17-13-6-4-5-11-20(16,17)12-13/h1-3,7-10,12,15-17H,4-6,11H2/t15-,16-,17+,20+/m0/s1. The zero-order chi connectivity index (χ0) is 16.8. The Morgan fingerprint density at radius 1 is 0.960 bits per heavy atom. The van der Waals surface area contributed by atoms with E-state index >= 15 is 0 Å². The van der Waals surface area contributed by atoms with Crippen LogP contribution in [0.4, 0.5) is 0 Å². The smallest absolute Gasteiger partial charge is 0.245 e. The predicted octanol–water partition coefficient (Wildman–Crippen LogP) is 2.58. The molecule has 3 aliphatic carbocycles. The second-order valence-electron chi connectivity index (χ2n) is 7.76. The van der Waals surface area contributed by atoms with E-state index in [1.807, 2.05) is 30.3 Å². The molecule has 1 aromatic heterocycles. The molecule has 1 aromatic carbocycles. The van der Waals surface area contributed by atoms with Crippen LogP contribution in [-0.2, 0) is 0 Å². The summed E-state index contributed by atoms with van der Waals surface area (Å²) in [6.45, 7) is 0. The molecular weight excluding hydrogens is 314 g/mol. The van der Waals surface area contributed by atoms with Crippen LogP contribution >= 0.6 is 0 Å². The molecule has 2 aromatic rings. The number of rotatable bonds is 1. The topological polar surface area (TPSA) is 48.9 Å². The van der Waals surface area contributed by atoms with Crippen LogP contribution in [0.1, 0.15) is 37.8 Å². The van der Waals surface area contributed by atoms with Gasteiger partial charge in [0, 0.05) is 11.3 Å². The molecule has 0 fully saturated rings. The molecular formula is C20H19N3O2. The number of benzene rings is 1. The summed E-state index contributed by atoms with van der Waals surface area (Å²) in [6.07, 6.45) is 11.4. The molecule has 126 valence electrons. The highest BCUT2D eigenvalue weighted by atomic mass is 16.2. The van der Waals surface area contributed by atoms with Crippen molar-refractivity contribution in [2.45, 2.75) is 37.8 Å². The summed E-state index contributed by atoms with van der Waals surface area (Å²) in [5, 5.41) is 0. The van der Waals surface area contributed by atoms with Crippen LogP contribution in [0.25, 0.3) is 5.69 Å². The fourth-order valence-electron chi connectivity index (χ4n) is 5.78. The molecule has 0 radical (unpaired) electrons. The van der Waals surface area contributed by atoms with Gasteiger partial charge in [-0.3, -0.25) is 0 Å². The van der Waals surface area contributed by atoms with E-state index in [1.54, 1.807) is 9.36 Å². The Hall–Kier alpha value is -2.56. The van der Waals surface area contributed by atoms with Crippen LogP contribution in [-0.4, -0.2) is 13.9 Å². The second-order valence-corrected chi connectivity index (χ2v) is 7.76. The Kier molecular flexibility index (Phi) is 2.38. The molecule has 5 heteroatoms. The molecule has 3 heterocycles. The molecule has 7 rings (SSSR count). The molecule has 0 N–H and O–H groups in total. The third kappa shape index (κ3) is 1.42. The highest BCUT2D eigenvalue weighted by Crippen LogP contribution is 2.66. The summed E-state index contributed by atoms with van der Waals surface area (Å²) in [7, 11) is 0. The van der Waals surface area contributed by atoms with Crippen LogP contribution in [0.3, 0.4) is 0 Å². The Morgan fingerprint density at radius 3 is 2.60 bits per heavy atom. The third-order valence-corrected chi connectivity index (χ3v) is 6.71. The molecule has 0 saturated carbocycles. The van der Waals surface area contributed by atoms with Gasteiger partial charge in [-0.2, -0.15) is 0 Å². The van der Waals surface area contributed by atoms with Crippen LogP contribution in [0.2, 0.25) is 0 Å². The zero-order valence-electron chi connectivity index (χ0n) is 13.8. The van der Waals surface area contributed by atoms with Gasteiger partial charge in [0.25, 0.3) is 0 Å². The lowest BCUT2D eigenvalue weighted by molar-refractivity contribution is 0.0251. The summed E-state index contributed by atoms with van der Waals surface area (Å²) in [4.78, 5) is 26.4. The fourth-order valence-corrected chi connectivity index (χ4v) is 5.78. The first-order valence-corrected chi connectivity index (χ1v) is 9.14. The highest BCUT2D eigenvalue weighted by Gasteiger charge is 2.61. The lowest BCUT2D eigenvalue weighted by Crippen LogP contribution is -2.58. The van der Waals surface area contributed by atoms with E-state index in [-0.39, 0.29) is 28.9 Å². The van der Waals surface area contributed by atoms with Gasteiger partial charge in [0.15, 0.2) is 0 Å². The molecule has 5 nitrogen and oxygen atoms in total. The van der Waals surface area contributed by atoms with Gasteiger partial charge < -0.3 is 0 Å². The van der Waals surface area contributed by atoms with Crippen molar-refractivity contribution in [2.75, 3.05) is 0 Å². The molecule has 0 unspecified atom stereocenters. The van der Waals surface area contributed by atoms with Crippen LogP contribution in [0.5, 0.6) is 0 Å². The number of allylic oxidation sites excluding steroid dienone is 4. The monoisotopic (exact) mass is 333 g/mol. The van der Waals surface area contributed by atoms with Crippen LogP contribution < -0.4 is 11.4 Å². The minimum absolute atomic E-state index is 0.0201. The first kappa shape index (κ1) is 13.7. The molecule has 4 atom stereocenters. The Balaban J connectivity index is 1.63. The summed E-state index contributed by atoms with van der Waals surface area (Å²) >= 11 is 0. The maximum Gasteiger partial charge on any atom is 0.352 e. The van der Waals surface area contributed by atoms with Crippen molar-refractivity contribution in [3.05, 3.63) is 75.1 Å². The van der Waals surface area contributed by atoms with E-state index in [4.69, 9.17) is 0 Å². The number of aromatic nitrogens is 3. The molecule has 0 saturated heterocycles. The molecule has 1 spiro atoms. The molecule has 5 aliphatic rings. The summed E-state index contributed by atoms with van der Waals surface area (Å²) in [5.41, 5.74) is 1.76. The highest BCUT2D eigenvalue weighted by molar-refractivity contribution is 5.41. The Bertz CT molecular complexity index is 1070. The predicted molar refractivity (Wildman–Crippen MR) is 94.0 cm³/mol. The third-order valence-electron chi connectivity index (χ3n) is 6.71. The van der Waals surface area contributed by atoms with Crippen molar-refractivity contribution >= 4 is 0 Å². The largest absolute Gasteiger partial charge is 0.352 e. The van der Waals surface area contributed by atoms with E-state index in [0.717, 1.165) is 12.8 Å². The van der Waals surface area contributed by atoms with Gasteiger partial charge in [-0.05, 0) is 31.4 Å². The van der Waals surface area contributed by atoms with Gasteiger partial charge in [-0.25, -0.2) is 23.5 Å². The maximum atomic E-state index is 13.2. The van der Waals surface area contributed by atoms with Gasteiger partial charge in [-0.15, -0.1) is 0 Å². The zero-order valence-corrected chi connectivity index (χ0v) is 13.8. The van der Waals surface area contributed by atoms with Gasteiger partial charge >= 0.3 is 11.4 Å². The number of hydrogen-bond donors (Lipinski definition) is 0. The van der Waals surface area contributed by atoms with Gasteiger partial charge in [0.1, 0.15) is 0 Å². The fraction of sp³-hybridized carbons (Fsp3) is 0.400. The maximum absolute atomic E-state index is 13.2. The van der Waals surface area contributed by atoms with E-state index in [1.165, 1.54) is 23.0 Å². The van der Waals surface area contributed by atoms with Gasteiger partial charge in [-0.1, -0.05) is 48.4 Å². The molecule has 2 aliphatic heterocycles. The number of nitrogens with zero attached hydrogens (tertiary/aromatic N) is 3. The summed E-state index contributed by atoms with van der Waals surface area (Å²) in [5.74, 6) is 0.397. The van der Waals surface area contributed by atoms with E-state index in [9.17, 15) is 9.59 Å². The van der Waals surface area contributed by atoms with Crippen molar-refractivity contribution < 1.29 is 0 Å². The first-order valence-electron chi connectivity index (χ1n) is 9.14. The first-order chi connectivity index (χ1) is 12.2. The normalized spacial score (nSPS) is 33.9. The Morgan fingerprint density at radius 2 is 1.76 bits per heavy atom. The van der Waals surface area contributed by atoms with Crippen molar-refractivity contribution in [3.63, 3.8) is 0 Å². The van der Waals surface area contributed by atoms with E-state index in [0.29, 0.717) is 11.6 Å². The quantitative estimate of drug-likeness (QED) is 0.753. The average Bonchev–Trinajstić information content (AvgIpc) is 2.81. The lowest BCUT2D eigenvalue weighted by atomic mass is 9.52. The average molecular weight is 333 g/mol. The van der Waals surface area contributed by atoms with Crippen molar-refractivity contribution in [1.29, 1.82) is 0 Å². The minimum Gasteiger partial charge on any atom is -0.245 e.